The van der Waals surface area contributed by atoms with Crippen LogP contribution in [0, 0.1) is 0 Å². The molecule has 0 saturated heterocycles. The van der Waals surface area contributed by atoms with Gasteiger partial charge in [-0.05, 0) is 13.8 Å². The van der Waals surface area contributed by atoms with Gasteiger partial charge in [-0.3, -0.25) is 4.79 Å². The molecule has 0 fully saturated rings. The lowest BCUT2D eigenvalue weighted by molar-refractivity contribution is -0.165. The van der Waals surface area contributed by atoms with Gasteiger partial charge in [0.15, 0.2) is 6.79 Å². The molecule has 0 heterocycles. The van der Waals surface area contributed by atoms with Gasteiger partial charge in [-0.1, -0.05) is 0 Å². The molecule has 0 bridgehead atoms. The molecule has 90 valence electrons. The SMILES string of the molecule is COCC(COC(C)C)OCOC(C)=O. The topological polar surface area (TPSA) is 54.0 Å². The second-order valence-corrected chi connectivity index (χ2v) is 3.38. The second kappa shape index (κ2) is 8.64. The molecule has 0 amide bonds. The summed E-state index contributed by atoms with van der Waals surface area (Å²) in [6.07, 6.45) is -0.0709. The summed E-state index contributed by atoms with van der Waals surface area (Å²) in [5, 5.41) is 0. The Hall–Kier alpha value is -0.650. The van der Waals surface area contributed by atoms with Crippen molar-refractivity contribution in [1.82, 2.24) is 0 Å². The van der Waals surface area contributed by atoms with Crippen LogP contribution in [0.1, 0.15) is 20.8 Å². The van der Waals surface area contributed by atoms with Crippen molar-refractivity contribution >= 4 is 5.97 Å². The predicted molar refractivity (Wildman–Crippen MR) is 54.5 cm³/mol. The van der Waals surface area contributed by atoms with Crippen molar-refractivity contribution < 1.29 is 23.7 Å². The van der Waals surface area contributed by atoms with Crippen molar-refractivity contribution in [2.75, 3.05) is 27.1 Å². The third-order valence-corrected chi connectivity index (χ3v) is 1.53. The maximum Gasteiger partial charge on any atom is 0.304 e. The minimum absolute atomic E-state index is 0.0647. The van der Waals surface area contributed by atoms with Crippen LogP contribution in [-0.4, -0.2) is 45.3 Å². The van der Waals surface area contributed by atoms with Gasteiger partial charge in [-0.2, -0.15) is 0 Å². The highest BCUT2D eigenvalue weighted by Gasteiger charge is 2.10. The number of methoxy groups -OCH3 is 1. The summed E-state index contributed by atoms with van der Waals surface area (Å²) in [4.78, 5) is 10.5. The lowest BCUT2D eigenvalue weighted by Gasteiger charge is -2.18. The molecule has 0 rings (SSSR count). The highest BCUT2D eigenvalue weighted by atomic mass is 16.7. The van der Waals surface area contributed by atoms with Crippen LogP contribution in [0.4, 0.5) is 0 Å². The number of carbonyl (C=O) groups excluding carboxylic acids is 1. The van der Waals surface area contributed by atoms with Crippen LogP contribution in [0.2, 0.25) is 0 Å². The highest BCUT2D eigenvalue weighted by molar-refractivity contribution is 5.65. The van der Waals surface area contributed by atoms with Gasteiger partial charge in [-0.25, -0.2) is 0 Å². The summed E-state index contributed by atoms with van der Waals surface area (Å²) in [6, 6.07) is 0. The summed E-state index contributed by atoms with van der Waals surface area (Å²) < 4.78 is 20.2. The van der Waals surface area contributed by atoms with Crippen LogP contribution in [-0.2, 0) is 23.7 Å². The van der Waals surface area contributed by atoms with Gasteiger partial charge in [0, 0.05) is 14.0 Å². The number of hydrogen-bond donors (Lipinski definition) is 0. The van der Waals surface area contributed by atoms with Crippen LogP contribution in [0.15, 0.2) is 0 Å². The smallest absolute Gasteiger partial charge is 0.304 e. The monoisotopic (exact) mass is 220 g/mol. The molecule has 1 unspecified atom stereocenters. The van der Waals surface area contributed by atoms with Crippen LogP contribution < -0.4 is 0 Å². The summed E-state index contributed by atoms with van der Waals surface area (Å²) >= 11 is 0. The van der Waals surface area contributed by atoms with Crippen LogP contribution >= 0.6 is 0 Å². The lowest BCUT2D eigenvalue weighted by atomic mass is 10.4. The number of esters is 1. The van der Waals surface area contributed by atoms with Crippen LogP contribution in [0.3, 0.4) is 0 Å². The Morgan fingerprint density at radius 1 is 1.20 bits per heavy atom. The van der Waals surface area contributed by atoms with Crippen molar-refractivity contribution in [3.8, 4) is 0 Å². The zero-order chi connectivity index (χ0) is 11.7. The molecule has 0 N–H and O–H groups in total. The molecule has 0 spiro atoms. The lowest BCUT2D eigenvalue weighted by Crippen LogP contribution is -2.28. The van der Waals surface area contributed by atoms with Gasteiger partial charge in [0.05, 0.1) is 19.3 Å². The molecule has 0 radical (unpaired) electrons. The first-order valence-corrected chi connectivity index (χ1v) is 4.91. The summed E-state index contributed by atoms with van der Waals surface area (Å²) in [6.45, 7) is 5.98. The van der Waals surface area contributed by atoms with Gasteiger partial charge in [-0.15, -0.1) is 0 Å². The van der Waals surface area contributed by atoms with E-state index in [1.165, 1.54) is 6.92 Å². The van der Waals surface area contributed by atoms with Crippen molar-refractivity contribution in [3.63, 3.8) is 0 Å². The fraction of sp³-hybridized carbons (Fsp3) is 0.900. The Kier molecular flexibility index (Phi) is 8.27. The quantitative estimate of drug-likeness (QED) is 0.450. The molecule has 1 atom stereocenters. The maximum atomic E-state index is 10.5. The predicted octanol–water partition coefficient (Wildman–Crippen LogP) is 0.964. The molecule has 5 nitrogen and oxygen atoms in total. The average Bonchev–Trinajstić information content (AvgIpc) is 2.13. The van der Waals surface area contributed by atoms with E-state index in [0.29, 0.717) is 13.2 Å². The zero-order valence-electron chi connectivity index (χ0n) is 9.82. The van der Waals surface area contributed by atoms with E-state index in [0.717, 1.165) is 0 Å². The molecular weight excluding hydrogens is 200 g/mol. The van der Waals surface area contributed by atoms with Gasteiger partial charge in [0.1, 0.15) is 6.10 Å². The molecule has 0 aromatic heterocycles. The van der Waals surface area contributed by atoms with E-state index in [9.17, 15) is 4.79 Å². The Labute approximate surface area is 90.6 Å². The zero-order valence-corrected chi connectivity index (χ0v) is 9.82. The molecule has 0 aliphatic heterocycles. The van der Waals surface area contributed by atoms with E-state index >= 15 is 0 Å². The van der Waals surface area contributed by atoms with Crippen LogP contribution in [0.25, 0.3) is 0 Å². The molecule has 0 aromatic rings. The molecule has 0 aliphatic carbocycles. The van der Waals surface area contributed by atoms with Gasteiger partial charge >= 0.3 is 5.97 Å². The van der Waals surface area contributed by atoms with Crippen molar-refractivity contribution in [3.05, 3.63) is 0 Å². The van der Waals surface area contributed by atoms with E-state index in [2.05, 4.69) is 4.74 Å². The average molecular weight is 220 g/mol. The van der Waals surface area contributed by atoms with Gasteiger partial charge in [0.25, 0.3) is 0 Å². The number of ether oxygens (including phenoxy) is 4. The molecule has 15 heavy (non-hydrogen) atoms. The first-order chi connectivity index (χ1) is 7.06. The molecule has 0 saturated carbocycles. The number of hydrogen-bond acceptors (Lipinski definition) is 5. The maximum absolute atomic E-state index is 10.5. The summed E-state index contributed by atoms with van der Waals surface area (Å²) in [5.41, 5.74) is 0. The van der Waals surface area contributed by atoms with Crippen molar-refractivity contribution in [2.45, 2.75) is 33.0 Å². The van der Waals surface area contributed by atoms with Crippen molar-refractivity contribution in [2.24, 2.45) is 0 Å². The molecular formula is C10H20O5. The summed E-state index contributed by atoms with van der Waals surface area (Å²) in [5.74, 6) is -0.365. The first kappa shape index (κ1) is 14.3. The minimum atomic E-state index is -0.365. The Balaban J connectivity index is 3.67. The van der Waals surface area contributed by atoms with E-state index < -0.39 is 0 Å². The molecule has 5 heteroatoms. The number of rotatable bonds is 8. The van der Waals surface area contributed by atoms with Gasteiger partial charge < -0.3 is 18.9 Å². The standard InChI is InChI=1S/C10H20O5/c1-8(2)13-6-10(5-12-4)15-7-14-9(3)11/h8,10H,5-7H2,1-4H3. The van der Waals surface area contributed by atoms with Gasteiger partial charge in [0.2, 0.25) is 0 Å². The molecule has 0 aromatic carbocycles. The Bertz CT molecular complexity index is 169. The Morgan fingerprint density at radius 2 is 1.87 bits per heavy atom. The molecule has 0 aliphatic rings. The van der Waals surface area contributed by atoms with Crippen molar-refractivity contribution in [1.29, 1.82) is 0 Å². The highest BCUT2D eigenvalue weighted by Crippen LogP contribution is 1.98. The normalized spacial score (nSPS) is 12.9. The van der Waals surface area contributed by atoms with E-state index in [-0.39, 0.29) is 25.0 Å². The van der Waals surface area contributed by atoms with E-state index in [4.69, 9.17) is 14.2 Å². The van der Waals surface area contributed by atoms with Crippen LogP contribution in [0.5, 0.6) is 0 Å². The fourth-order valence-electron chi connectivity index (χ4n) is 0.843. The number of carbonyl (C=O) groups is 1. The Morgan fingerprint density at radius 3 is 2.33 bits per heavy atom. The largest absolute Gasteiger partial charge is 0.439 e. The third kappa shape index (κ3) is 9.65. The minimum Gasteiger partial charge on any atom is -0.439 e. The fourth-order valence-corrected chi connectivity index (χ4v) is 0.843. The first-order valence-electron chi connectivity index (χ1n) is 4.91. The van der Waals surface area contributed by atoms with E-state index in [1.807, 2.05) is 13.8 Å². The third-order valence-electron chi connectivity index (χ3n) is 1.53. The second-order valence-electron chi connectivity index (χ2n) is 3.38. The summed E-state index contributed by atoms with van der Waals surface area (Å²) in [7, 11) is 1.58. The van der Waals surface area contributed by atoms with E-state index in [1.54, 1.807) is 7.11 Å².